The molecule has 3 fully saturated rings. The van der Waals surface area contributed by atoms with E-state index in [1.807, 2.05) is 12.1 Å². The minimum atomic E-state index is -0.378. The second-order valence-electron chi connectivity index (χ2n) is 7.93. The van der Waals surface area contributed by atoms with E-state index in [1.165, 1.54) is 11.1 Å². The highest BCUT2D eigenvalue weighted by molar-refractivity contribution is 5.45. The normalized spacial score (nSPS) is 38.3. The average Bonchev–Trinajstić information content (AvgIpc) is 2.99. The van der Waals surface area contributed by atoms with Gasteiger partial charge >= 0.3 is 0 Å². The number of rotatable bonds is 0. The van der Waals surface area contributed by atoms with Crippen LogP contribution in [0, 0.1) is 5.92 Å². The van der Waals surface area contributed by atoms with E-state index in [9.17, 15) is 5.11 Å². The zero-order chi connectivity index (χ0) is 15.7. The van der Waals surface area contributed by atoms with Crippen LogP contribution in [0.3, 0.4) is 0 Å². The fraction of sp³-hybridized carbons (Fsp3) is 0.684. The van der Waals surface area contributed by atoms with Crippen LogP contribution in [0.25, 0.3) is 0 Å². The molecular formula is C19H25NO3. The highest BCUT2D eigenvalue weighted by Gasteiger charge is 2.60. The average molecular weight is 315 g/mol. The molecule has 5 rings (SSSR count). The van der Waals surface area contributed by atoms with Crippen LogP contribution in [-0.2, 0) is 21.3 Å². The summed E-state index contributed by atoms with van der Waals surface area (Å²) in [6, 6.07) is 6.61. The molecule has 1 spiro atoms. The molecule has 2 aliphatic heterocycles. The molecule has 0 amide bonds. The van der Waals surface area contributed by atoms with Gasteiger partial charge in [0.15, 0.2) is 5.79 Å². The molecule has 1 saturated carbocycles. The van der Waals surface area contributed by atoms with E-state index >= 15 is 0 Å². The van der Waals surface area contributed by atoms with E-state index in [0.29, 0.717) is 17.7 Å². The van der Waals surface area contributed by atoms with Crippen LogP contribution in [0.2, 0.25) is 0 Å². The van der Waals surface area contributed by atoms with Crippen molar-refractivity contribution in [1.29, 1.82) is 0 Å². The van der Waals surface area contributed by atoms with E-state index in [2.05, 4.69) is 18.0 Å². The van der Waals surface area contributed by atoms with Crippen molar-refractivity contribution in [3.8, 4) is 5.75 Å². The molecule has 2 bridgehead atoms. The third kappa shape index (κ3) is 1.89. The summed E-state index contributed by atoms with van der Waals surface area (Å²) in [7, 11) is 2.27. The Balaban J connectivity index is 1.66. The van der Waals surface area contributed by atoms with E-state index < -0.39 is 0 Å². The highest BCUT2D eigenvalue weighted by atomic mass is 16.7. The molecule has 3 atom stereocenters. The van der Waals surface area contributed by atoms with Gasteiger partial charge in [0.1, 0.15) is 5.75 Å². The number of hydrogen-bond donors (Lipinski definition) is 1. The first kappa shape index (κ1) is 14.3. The largest absolute Gasteiger partial charge is 0.508 e. The number of likely N-dealkylation sites (tertiary alicyclic amines) is 1. The summed E-state index contributed by atoms with van der Waals surface area (Å²) in [6.07, 6.45) is 5.36. The third-order valence-electron chi connectivity index (χ3n) is 6.94. The number of piperidine rings is 1. The highest BCUT2D eigenvalue weighted by Crippen LogP contribution is 2.59. The maximum atomic E-state index is 10.1. The van der Waals surface area contributed by atoms with Crippen LogP contribution in [0.4, 0.5) is 0 Å². The third-order valence-corrected chi connectivity index (χ3v) is 6.94. The fourth-order valence-corrected chi connectivity index (χ4v) is 5.94. The summed E-state index contributed by atoms with van der Waals surface area (Å²) in [5.41, 5.74) is 2.88. The van der Waals surface area contributed by atoms with Gasteiger partial charge in [-0.15, -0.1) is 0 Å². The Morgan fingerprint density at radius 3 is 2.87 bits per heavy atom. The van der Waals surface area contributed by atoms with Gasteiger partial charge in [0.05, 0.1) is 13.2 Å². The number of likely N-dealkylation sites (N-methyl/N-ethyl adjacent to an activating group) is 1. The van der Waals surface area contributed by atoms with Crippen molar-refractivity contribution < 1.29 is 14.6 Å². The Hall–Kier alpha value is -1.10. The van der Waals surface area contributed by atoms with Crippen LogP contribution >= 0.6 is 0 Å². The first-order chi connectivity index (χ1) is 11.1. The Bertz CT molecular complexity index is 640. The number of nitrogens with zero attached hydrogens (tertiary/aromatic N) is 1. The van der Waals surface area contributed by atoms with Crippen molar-refractivity contribution >= 4 is 0 Å². The number of hydrogen-bond acceptors (Lipinski definition) is 4. The zero-order valence-electron chi connectivity index (χ0n) is 13.8. The summed E-state index contributed by atoms with van der Waals surface area (Å²) in [5, 5.41) is 10.1. The molecule has 4 nitrogen and oxygen atoms in total. The number of phenols is 1. The molecular weight excluding hydrogens is 290 g/mol. The van der Waals surface area contributed by atoms with Crippen molar-refractivity contribution in [2.45, 2.75) is 49.3 Å². The van der Waals surface area contributed by atoms with Gasteiger partial charge in [-0.3, -0.25) is 0 Å². The van der Waals surface area contributed by atoms with Crippen LogP contribution in [-0.4, -0.2) is 48.6 Å². The number of aromatic hydroxyl groups is 1. The van der Waals surface area contributed by atoms with Crippen LogP contribution in [0.15, 0.2) is 18.2 Å². The lowest BCUT2D eigenvalue weighted by atomic mass is 9.51. The van der Waals surface area contributed by atoms with E-state index in [-0.39, 0.29) is 11.2 Å². The van der Waals surface area contributed by atoms with Gasteiger partial charge in [-0.05, 0) is 62.0 Å². The quantitative estimate of drug-likeness (QED) is 0.798. The molecule has 1 N–H and O–H groups in total. The van der Waals surface area contributed by atoms with E-state index in [4.69, 9.17) is 9.47 Å². The van der Waals surface area contributed by atoms with E-state index in [0.717, 1.165) is 51.9 Å². The first-order valence-corrected chi connectivity index (χ1v) is 8.93. The molecule has 2 heterocycles. The van der Waals surface area contributed by atoms with Crippen molar-refractivity contribution in [1.82, 2.24) is 4.90 Å². The number of fused-ring (bicyclic) bond motifs is 1. The van der Waals surface area contributed by atoms with Gasteiger partial charge in [-0.1, -0.05) is 6.07 Å². The van der Waals surface area contributed by atoms with Crippen LogP contribution in [0.5, 0.6) is 5.75 Å². The molecule has 2 saturated heterocycles. The number of benzene rings is 1. The van der Waals surface area contributed by atoms with E-state index in [1.54, 1.807) is 0 Å². The predicted molar refractivity (Wildman–Crippen MR) is 86.5 cm³/mol. The monoisotopic (exact) mass is 315 g/mol. The standard InChI is InChI=1S/C19H25NO3/c1-20-7-6-18-12-19(22-8-9-23-19)5-4-15(18)17(20)10-13-2-3-14(21)11-16(13)18/h2-3,11,15,17,21H,4-10,12H2,1H3/t15-,17+,18?/m0/s1. The number of phenolic OH excluding ortho intramolecular Hbond substituents is 1. The maximum Gasteiger partial charge on any atom is 0.169 e. The van der Waals surface area contributed by atoms with Crippen molar-refractivity contribution in [2.75, 3.05) is 26.8 Å². The van der Waals surface area contributed by atoms with Gasteiger partial charge in [0, 0.05) is 24.3 Å². The number of ether oxygens (including phenoxy) is 2. The molecule has 4 heteroatoms. The summed E-state index contributed by atoms with van der Waals surface area (Å²) in [6.45, 7) is 2.56. The lowest BCUT2D eigenvalue weighted by Crippen LogP contribution is -2.63. The second kappa shape index (κ2) is 4.71. The minimum absolute atomic E-state index is 0.103. The first-order valence-electron chi connectivity index (χ1n) is 8.93. The van der Waals surface area contributed by atoms with Crippen molar-refractivity contribution in [2.24, 2.45) is 5.92 Å². The molecule has 0 aromatic heterocycles. The summed E-state index contributed by atoms with van der Waals surface area (Å²) in [4.78, 5) is 2.55. The molecule has 1 aromatic carbocycles. The summed E-state index contributed by atoms with van der Waals surface area (Å²) >= 11 is 0. The summed E-state index contributed by atoms with van der Waals surface area (Å²) in [5.74, 6) is 0.660. The second-order valence-corrected chi connectivity index (χ2v) is 7.93. The maximum absolute atomic E-state index is 10.1. The van der Waals surface area contributed by atoms with Crippen LogP contribution < -0.4 is 0 Å². The molecule has 0 radical (unpaired) electrons. The molecule has 2 aliphatic carbocycles. The lowest BCUT2D eigenvalue weighted by molar-refractivity contribution is -0.212. The van der Waals surface area contributed by atoms with Gasteiger partial charge in [0.2, 0.25) is 0 Å². The fourth-order valence-electron chi connectivity index (χ4n) is 5.94. The summed E-state index contributed by atoms with van der Waals surface area (Å²) < 4.78 is 12.2. The Morgan fingerprint density at radius 2 is 2.04 bits per heavy atom. The van der Waals surface area contributed by atoms with Crippen LogP contribution in [0.1, 0.15) is 36.8 Å². The Labute approximate surface area is 137 Å². The molecule has 23 heavy (non-hydrogen) atoms. The van der Waals surface area contributed by atoms with Gasteiger partial charge < -0.3 is 19.5 Å². The lowest BCUT2D eigenvalue weighted by Gasteiger charge is -2.60. The smallest absolute Gasteiger partial charge is 0.169 e. The minimum Gasteiger partial charge on any atom is -0.508 e. The molecule has 1 unspecified atom stereocenters. The van der Waals surface area contributed by atoms with Gasteiger partial charge in [0.25, 0.3) is 0 Å². The topological polar surface area (TPSA) is 41.9 Å². The molecule has 124 valence electrons. The predicted octanol–water partition coefficient (Wildman–Crippen LogP) is 2.43. The Kier molecular flexibility index (Phi) is 2.92. The molecule has 4 aliphatic rings. The SMILES string of the molecule is CN1CCC23CC4(CC[C@H]2[C@H]1Cc1ccc(O)cc13)OCCO4. The van der Waals surface area contributed by atoms with Gasteiger partial charge in [-0.25, -0.2) is 0 Å². The Morgan fingerprint density at radius 1 is 1.22 bits per heavy atom. The van der Waals surface area contributed by atoms with Crippen molar-refractivity contribution in [3.05, 3.63) is 29.3 Å². The zero-order valence-corrected chi connectivity index (χ0v) is 13.8. The van der Waals surface area contributed by atoms with Gasteiger partial charge in [-0.2, -0.15) is 0 Å². The van der Waals surface area contributed by atoms with Crippen molar-refractivity contribution in [3.63, 3.8) is 0 Å². The molecule has 1 aromatic rings.